The number of carbonyl (C=O) groups is 2. The molecule has 11 nitrogen and oxygen atoms in total. The standard InChI is InChI=1S/C23H14N4O7S2/c28-21(15-4-2-1-3-5-15)24-25-22(29)20(36-23(25)35)12-14-6-9-17(10-7-14)34-19-11-8-16(26(30)31)13-18(19)27(32)33/h1-13H,(H,24,28)/b20-12+. The molecule has 0 saturated carbocycles. The molecule has 0 aromatic heterocycles. The quantitative estimate of drug-likeness (QED) is 0.199. The van der Waals surface area contributed by atoms with Crippen LogP contribution in [0.2, 0.25) is 0 Å². The highest BCUT2D eigenvalue weighted by Crippen LogP contribution is 2.35. The third kappa shape index (κ3) is 5.37. The number of thioether (sulfide) groups is 1. The van der Waals surface area contributed by atoms with Gasteiger partial charge in [0.15, 0.2) is 4.32 Å². The van der Waals surface area contributed by atoms with Crippen molar-refractivity contribution in [3.8, 4) is 11.5 Å². The summed E-state index contributed by atoms with van der Waals surface area (Å²) < 4.78 is 5.71. The highest BCUT2D eigenvalue weighted by molar-refractivity contribution is 8.26. The van der Waals surface area contributed by atoms with Crippen LogP contribution in [0.25, 0.3) is 6.08 Å². The minimum absolute atomic E-state index is 0.159. The van der Waals surface area contributed by atoms with Gasteiger partial charge in [0.2, 0.25) is 5.75 Å². The van der Waals surface area contributed by atoms with Crippen molar-refractivity contribution in [3.05, 3.63) is 109 Å². The van der Waals surface area contributed by atoms with Gasteiger partial charge in [-0.2, -0.15) is 5.01 Å². The van der Waals surface area contributed by atoms with E-state index in [0.717, 1.165) is 35.0 Å². The number of thiocarbonyl (C=S) groups is 1. The van der Waals surface area contributed by atoms with E-state index in [9.17, 15) is 29.8 Å². The lowest BCUT2D eigenvalue weighted by molar-refractivity contribution is -0.394. The highest BCUT2D eigenvalue weighted by atomic mass is 32.2. The van der Waals surface area contributed by atoms with Crippen molar-refractivity contribution < 1.29 is 24.2 Å². The lowest BCUT2D eigenvalue weighted by Crippen LogP contribution is -2.44. The second-order valence-electron chi connectivity index (χ2n) is 7.16. The molecule has 180 valence electrons. The van der Waals surface area contributed by atoms with E-state index in [1.165, 1.54) is 12.1 Å². The fourth-order valence-corrected chi connectivity index (χ4v) is 4.26. The molecule has 0 atom stereocenters. The van der Waals surface area contributed by atoms with E-state index >= 15 is 0 Å². The molecular formula is C23H14N4O7S2. The maximum absolute atomic E-state index is 12.8. The zero-order valence-corrected chi connectivity index (χ0v) is 19.7. The number of nitro benzene ring substituents is 2. The molecule has 36 heavy (non-hydrogen) atoms. The molecule has 3 aromatic carbocycles. The van der Waals surface area contributed by atoms with E-state index in [2.05, 4.69) is 5.43 Å². The van der Waals surface area contributed by atoms with Gasteiger partial charge in [-0.25, -0.2) is 0 Å². The summed E-state index contributed by atoms with van der Waals surface area (Å²) in [6.07, 6.45) is 1.58. The zero-order chi connectivity index (χ0) is 25.8. The molecule has 0 aliphatic carbocycles. The number of carbonyl (C=O) groups excluding carboxylic acids is 2. The second-order valence-corrected chi connectivity index (χ2v) is 8.84. The van der Waals surface area contributed by atoms with Crippen LogP contribution in [0.4, 0.5) is 11.4 Å². The number of non-ortho nitro benzene ring substituents is 1. The first-order chi connectivity index (χ1) is 17.2. The SMILES string of the molecule is O=C(NN1C(=O)/C(=C\c2ccc(Oc3ccc([N+](=O)[O-])cc3[N+](=O)[O-])cc2)SC1=S)c1ccccc1. The van der Waals surface area contributed by atoms with Crippen molar-refractivity contribution in [2.45, 2.75) is 0 Å². The smallest absolute Gasteiger partial charge is 0.318 e. The Morgan fingerprint density at radius 3 is 2.33 bits per heavy atom. The normalized spacial score (nSPS) is 14.1. The number of amides is 2. The Morgan fingerprint density at radius 1 is 1.00 bits per heavy atom. The lowest BCUT2D eigenvalue weighted by Gasteiger charge is -2.15. The molecule has 1 fully saturated rings. The summed E-state index contributed by atoms with van der Waals surface area (Å²) in [5, 5.41) is 23.2. The van der Waals surface area contributed by atoms with E-state index in [1.54, 1.807) is 48.5 Å². The monoisotopic (exact) mass is 522 g/mol. The summed E-state index contributed by atoms with van der Waals surface area (Å²) in [5.74, 6) is -0.883. The molecule has 1 N–H and O–H groups in total. The van der Waals surface area contributed by atoms with Crippen LogP contribution in [-0.4, -0.2) is 31.0 Å². The predicted molar refractivity (Wildman–Crippen MR) is 135 cm³/mol. The molecule has 3 aromatic rings. The fourth-order valence-electron chi connectivity index (χ4n) is 3.08. The summed E-state index contributed by atoms with van der Waals surface area (Å²) >= 11 is 6.25. The van der Waals surface area contributed by atoms with E-state index in [-0.39, 0.29) is 20.7 Å². The molecule has 1 aliphatic heterocycles. The van der Waals surface area contributed by atoms with Gasteiger partial charge in [0.25, 0.3) is 17.5 Å². The van der Waals surface area contributed by atoms with Crippen LogP contribution in [-0.2, 0) is 4.79 Å². The van der Waals surface area contributed by atoms with Crippen LogP contribution >= 0.6 is 24.0 Å². The first kappa shape index (κ1) is 24.5. The lowest BCUT2D eigenvalue weighted by atomic mass is 10.2. The molecular weight excluding hydrogens is 508 g/mol. The van der Waals surface area contributed by atoms with Crippen LogP contribution in [0.1, 0.15) is 15.9 Å². The Morgan fingerprint density at radius 2 is 1.69 bits per heavy atom. The Balaban J connectivity index is 1.47. The number of hydrogen-bond donors (Lipinski definition) is 1. The van der Waals surface area contributed by atoms with E-state index < -0.39 is 33.0 Å². The van der Waals surface area contributed by atoms with Gasteiger partial charge < -0.3 is 4.74 Å². The third-order valence-corrected chi connectivity index (χ3v) is 6.10. The second kappa shape index (κ2) is 10.3. The summed E-state index contributed by atoms with van der Waals surface area (Å²) in [5.41, 5.74) is 2.50. The van der Waals surface area contributed by atoms with Gasteiger partial charge >= 0.3 is 5.69 Å². The van der Waals surface area contributed by atoms with Gasteiger partial charge in [-0.1, -0.05) is 42.1 Å². The molecule has 0 radical (unpaired) electrons. The van der Waals surface area contributed by atoms with Gasteiger partial charge in [-0.3, -0.25) is 35.2 Å². The Labute approximate surface area is 212 Å². The molecule has 13 heteroatoms. The van der Waals surface area contributed by atoms with E-state index in [4.69, 9.17) is 17.0 Å². The summed E-state index contributed by atoms with van der Waals surface area (Å²) in [6, 6.07) is 17.7. The fraction of sp³-hybridized carbons (Fsp3) is 0. The van der Waals surface area contributed by atoms with Gasteiger partial charge in [0, 0.05) is 11.6 Å². The van der Waals surface area contributed by atoms with Crippen LogP contribution in [0.15, 0.2) is 77.7 Å². The number of benzene rings is 3. The molecule has 1 heterocycles. The van der Waals surface area contributed by atoms with Crippen molar-refractivity contribution in [2.24, 2.45) is 0 Å². The van der Waals surface area contributed by atoms with Crippen LogP contribution in [0.3, 0.4) is 0 Å². The van der Waals surface area contributed by atoms with E-state index in [1.807, 2.05) is 0 Å². The van der Waals surface area contributed by atoms with Gasteiger partial charge in [0.05, 0.1) is 20.8 Å². The Kier molecular flexibility index (Phi) is 7.03. The molecule has 0 spiro atoms. The maximum Gasteiger partial charge on any atom is 0.318 e. The molecule has 0 unspecified atom stereocenters. The molecule has 4 rings (SSSR count). The average molecular weight is 523 g/mol. The number of hydrazine groups is 1. The Hall–Kier alpha value is -4.62. The van der Waals surface area contributed by atoms with Crippen molar-refractivity contribution >= 4 is 57.6 Å². The number of nitrogens with one attached hydrogen (secondary N) is 1. The average Bonchev–Trinajstić information content (AvgIpc) is 3.12. The number of nitro groups is 2. The van der Waals surface area contributed by atoms with Crippen LogP contribution < -0.4 is 10.2 Å². The zero-order valence-electron chi connectivity index (χ0n) is 18.0. The van der Waals surface area contributed by atoms with E-state index in [0.29, 0.717) is 11.1 Å². The maximum atomic E-state index is 12.8. The van der Waals surface area contributed by atoms with Crippen LogP contribution in [0.5, 0.6) is 11.5 Å². The molecule has 2 amide bonds. The number of hydrogen-bond acceptors (Lipinski definition) is 9. The topological polar surface area (TPSA) is 145 Å². The van der Waals surface area contributed by atoms with Crippen molar-refractivity contribution in [1.82, 2.24) is 10.4 Å². The van der Waals surface area contributed by atoms with Gasteiger partial charge in [0.1, 0.15) is 5.75 Å². The number of rotatable bonds is 7. The Bertz CT molecular complexity index is 1430. The molecule has 1 aliphatic rings. The third-order valence-electron chi connectivity index (χ3n) is 4.80. The molecule has 1 saturated heterocycles. The predicted octanol–water partition coefficient (Wildman–Crippen LogP) is 4.84. The first-order valence-electron chi connectivity index (χ1n) is 10.1. The largest absolute Gasteiger partial charge is 0.450 e. The minimum Gasteiger partial charge on any atom is -0.450 e. The summed E-state index contributed by atoms with van der Waals surface area (Å²) in [7, 11) is 0. The van der Waals surface area contributed by atoms with Crippen LogP contribution in [0, 0.1) is 20.2 Å². The van der Waals surface area contributed by atoms with Gasteiger partial charge in [-0.05, 0) is 54.2 Å². The highest BCUT2D eigenvalue weighted by Gasteiger charge is 2.33. The van der Waals surface area contributed by atoms with Gasteiger partial charge in [-0.15, -0.1) is 0 Å². The van der Waals surface area contributed by atoms with Crippen molar-refractivity contribution in [1.29, 1.82) is 0 Å². The van der Waals surface area contributed by atoms with Crippen molar-refractivity contribution in [2.75, 3.05) is 0 Å². The summed E-state index contributed by atoms with van der Waals surface area (Å²) in [4.78, 5) is 46.1. The number of ether oxygens (including phenoxy) is 1. The first-order valence-corrected chi connectivity index (χ1v) is 11.3. The van der Waals surface area contributed by atoms with Crippen molar-refractivity contribution in [3.63, 3.8) is 0 Å². The number of nitrogens with zero attached hydrogens (tertiary/aromatic N) is 3. The summed E-state index contributed by atoms with van der Waals surface area (Å²) in [6.45, 7) is 0. The molecule has 0 bridgehead atoms. The minimum atomic E-state index is -0.769.